The number of rotatable bonds is 4. The molecule has 0 unspecified atom stereocenters. The van der Waals surface area contributed by atoms with Gasteiger partial charge in [-0.1, -0.05) is 24.3 Å². The quantitative estimate of drug-likeness (QED) is 0.844. The fourth-order valence-electron chi connectivity index (χ4n) is 1.74. The topological polar surface area (TPSA) is 45.1 Å². The van der Waals surface area contributed by atoms with Gasteiger partial charge in [-0.3, -0.25) is 0 Å². The van der Waals surface area contributed by atoms with E-state index >= 15 is 0 Å². The Balaban J connectivity index is 2.26. The molecule has 3 nitrogen and oxygen atoms in total. The highest BCUT2D eigenvalue weighted by Crippen LogP contribution is 2.21. The highest BCUT2D eigenvalue weighted by molar-refractivity contribution is 5.66. The molecule has 17 heavy (non-hydrogen) atoms. The van der Waals surface area contributed by atoms with Crippen LogP contribution in [0.5, 0.6) is 0 Å². The normalized spacial score (nSPS) is 10.2. The summed E-state index contributed by atoms with van der Waals surface area (Å²) in [5, 5.41) is 11.9. The Kier molecular flexibility index (Phi) is 3.73. The number of aliphatic hydroxyl groups is 1. The number of anilines is 1. The molecule has 0 atom stereocenters. The molecule has 0 aliphatic rings. The average molecular weight is 228 g/mol. The van der Waals surface area contributed by atoms with Gasteiger partial charge in [-0.05, 0) is 35.2 Å². The molecule has 0 saturated heterocycles. The van der Waals surface area contributed by atoms with E-state index in [9.17, 15) is 0 Å². The van der Waals surface area contributed by atoms with Crippen LogP contribution >= 0.6 is 0 Å². The van der Waals surface area contributed by atoms with Gasteiger partial charge in [0.25, 0.3) is 0 Å². The maximum absolute atomic E-state index is 8.86. The minimum atomic E-state index is 0.193. The maximum atomic E-state index is 8.86. The Hall–Kier alpha value is -1.87. The maximum Gasteiger partial charge on any atom is 0.126 e. The summed E-state index contributed by atoms with van der Waals surface area (Å²) in [7, 11) is 1.86. The molecule has 2 aromatic rings. The van der Waals surface area contributed by atoms with Gasteiger partial charge in [0.1, 0.15) is 5.82 Å². The highest BCUT2D eigenvalue weighted by Gasteiger charge is 1.99. The molecule has 3 heteroatoms. The summed E-state index contributed by atoms with van der Waals surface area (Å²) >= 11 is 0. The number of aromatic nitrogens is 1. The first-order valence-corrected chi connectivity index (χ1v) is 5.67. The van der Waals surface area contributed by atoms with Gasteiger partial charge < -0.3 is 10.4 Å². The van der Waals surface area contributed by atoms with Crippen molar-refractivity contribution >= 4 is 5.82 Å². The van der Waals surface area contributed by atoms with Crippen molar-refractivity contribution in [1.82, 2.24) is 4.98 Å². The summed E-state index contributed by atoms with van der Waals surface area (Å²) < 4.78 is 0. The Morgan fingerprint density at radius 3 is 2.53 bits per heavy atom. The van der Waals surface area contributed by atoms with Gasteiger partial charge in [0.2, 0.25) is 0 Å². The minimum absolute atomic E-state index is 0.193. The van der Waals surface area contributed by atoms with Crippen LogP contribution in [-0.2, 0) is 6.42 Å². The standard InChI is InChI=1S/C14H16N2O/c1-15-14-10-13(6-8-16-14)12-4-2-11(3-5-12)7-9-17/h2-6,8,10,17H,7,9H2,1H3,(H,15,16). The van der Waals surface area contributed by atoms with Crippen molar-refractivity contribution in [3.05, 3.63) is 48.2 Å². The van der Waals surface area contributed by atoms with Gasteiger partial charge in [0.05, 0.1) is 0 Å². The van der Waals surface area contributed by atoms with Gasteiger partial charge in [-0.25, -0.2) is 4.98 Å². The third-order valence-electron chi connectivity index (χ3n) is 2.70. The monoisotopic (exact) mass is 228 g/mol. The lowest BCUT2D eigenvalue weighted by atomic mass is 10.0. The van der Waals surface area contributed by atoms with E-state index in [4.69, 9.17) is 5.11 Å². The fourth-order valence-corrected chi connectivity index (χ4v) is 1.74. The summed E-state index contributed by atoms with van der Waals surface area (Å²) in [4.78, 5) is 4.19. The number of benzene rings is 1. The zero-order valence-electron chi connectivity index (χ0n) is 9.85. The summed E-state index contributed by atoms with van der Waals surface area (Å²) in [5.74, 6) is 0.863. The molecule has 88 valence electrons. The van der Waals surface area contributed by atoms with Crippen molar-refractivity contribution in [1.29, 1.82) is 0 Å². The first-order chi connectivity index (χ1) is 8.33. The molecule has 0 amide bonds. The number of hydrogen-bond donors (Lipinski definition) is 2. The molecule has 1 aromatic heterocycles. The molecular weight excluding hydrogens is 212 g/mol. The summed E-state index contributed by atoms with van der Waals surface area (Å²) in [5.41, 5.74) is 3.45. The van der Waals surface area contributed by atoms with E-state index in [2.05, 4.69) is 22.4 Å². The second-order valence-corrected chi connectivity index (χ2v) is 3.85. The Bertz CT molecular complexity index is 480. The second-order valence-electron chi connectivity index (χ2n) is 3.85. The third-order valence-corrected chi connectivity index (χ3v) is 2.70. The number of nitrogens with one attached hydrogen (secondary N) is 1. The zero-order valence-corrected chi connectivity index (χ0v) is 9.85. The Morgan fingerprint density at radius 2 is 1.88 bits per heavy atom. The minimum Gasteiger partial charge on any atom is -0.396 e. The Morgan fingerprint density at radius 1 is 1.12 bits per heavy atom. The lowest BCUT2D eigenvalue weighted by molar-refractivity contribution is 0.299. The first kappa shape index (κ1) is 11.6. The van der Waals surface area contributed by atoms with E-state index in [-0.39, 0.29) is 6.61 Å². The summed E-state index contributed by atoms with van der Waals surface area (Å²) in [6.45, 7) is 0.193. The molecule has 2 N–H and O–H groups in total. The lowest BCUT2D eigenvalue weighted by Crippen LogP contribution is -1.92. The van der Waals surface area contributed by atoms with Crippen molar-refractivity contribution in [2.45, 2.75) is 6.42 Å². The summed E-state index contributed by atoms with van der Waals surface area (Å²) in [6, 6.07) is 12.2. The third kappa shape index (κ3) is 2.82. The molecule has 1 aromatic carbocycles. The number of hydrogen-bond acceptors (Lipinski definition) is 3. The molecule has 2 rings (SSSR count). The zero-order chi connectivity index (χ0) is 12.1. The largest absolute Gasteiger partial charge is 0.396 e. The van der Waals surface area contributed by atoms with Gasteiger partial charge in [0.15, 0.2) is 0 Å². The highest BCUT2D eigenvalue weighted by atomic mass is 16.2. The molecule has 1 heterocycles. The number of pyridine rings is 1. The van der Waals surface area contributed by atoms with Crippen molar-refractivity contribution in [3.8, 4) is 11.1 Å². The van der Waals surface area contributed by atoms with Gasteiger partial charge in [0, 0.05) is 19.9 Å². The molecular formula is C14H16N2O. The van der Waals surface area contributed by atoms with Crippen molar-refractivity contribution in [3.63, 3.8) is 0 Å². The first-order valence-electron chi connectivity index (χ1n) is 5.67. The number of aliphatic hydroxyl groups excluding tert-OH is 1. The molecule has 0 aliphatic carbocycles. The molecule has 0 spiro atoms. The van der Waals surface area contributed by atoms with E-state index in [0.29, 0.717) is 6.42 Å². The van der Waals surface area contributed by atoms with E-state index < -0.39 is 0 Å². The van der Waals surface area contributed by atoms with Crippen LogP contribution in [0, 0.1) is 0 Å². The van der Waals surface area contributed by atoms with Crippen LogP contribution in [0.4, 0.5) is 5.82 Å². The molecule has 0 aliphatic heterocycles. The van der Waals surface area contributed by atoms with E-state index in [0.717, 1.165) is 22.5 Å². The number of nitrogens with zero attached hydrogens (tertiary/aromatic N) is 1. The predicted molar refractivity (Wildman–Crippen MR) is 70.0 cm³/mol. The molecule has 0 radical (unpaired) electrons. The van der Waals surface area contributed by atoms with Gasteiger partial charge in [-0.15, -0.1) is 0 Å². The van der Waals surface area contributed by atoms with Crippen molar-refractivity contribution in [2.24, 2.45) is 0 Å². The average Bonchev–Trinajstić information content (AvgIpc) is 2.40. The second kappa shape index (κ2) is 5.46. The SMILES string of the molecule is CNc1cc(-c2ccc(CCO)cc2)ccn1. The lowest BCUT2D eigenvalue weighted by Gasteiger charge is -2.05. The summed E-state index contributed by atoms with van der Waals surface area (Å²) in [6.07, 6.45) is 2.50. The van der Waals surface area contributed by atoms with Crippen LogP contribution in [0.25, 0.3) is 11.1 Å². The fraction of sp³-hybridized carbons (Fsp3) is 0.214. The van der Waals surface area contributed by atoms with Crippen LogP contribution in [-0.4, -0.2) is 23.7 Å². The van der Waals surface area contributed by atoms with Gasteiger partial charge >= 0.3 is 0 Å². The predicted octanol–water partition coefficient (Wildman–Crippen LogP) is 2.33. The van der Waals surface area contributed by atoms with Crippen LogP contribution in [0.15, 0.2) is 42.6 Å². The van der Waals surface area contributed by atoms with Crippen LogP contribution in [0.1, 0.15) is 5.56 Å². The molecule has 0 fully saturated rings. The molecule has 0 saturated carbocycles. The van der Waals surface area contributed by atoms with Crippen LogP contribution in [0.2, 0.25) is 0 Å². The smallest absolute Gasteiger partial charge is 0.126 e. The van der Waals surface area contributed by atoms with Crippen molar-refractivity contribution < 1.29 is 5.11 Å². The van der Waals surface area contributed by atoms with Crippen LogP contribution in [0.3, 0.4) is 0 Å². The van der Waals surface area contributed by atoms with E-state index in [1.165, 1.54) is 0 Å². The van der Waals surface area contributed by atoms with E-state index in [1.54, 1.807) is 6.20 Å². The van der Waals surface area contributed by atoms with Crippen LogP contribution < -0.4 is 5.32 Å². The van der Waals surface area contributed by atoms with Crippen molar-refractivity contribution in [2.75, 3.05) is 19.0 Å². The Labute approximate surface area is 101 Å². The van der Waals surface area contributed by atoms with Gasteiger partial charge in [-0.2, -0.15) is 0 Å². The molecule has 0 bridgehead atoms. The van der Waals surface area contributed by atoms with E-state index in [1.807, 2.05) is 31.3 Å².